The van der Waals surface area contributed by atoms with E-state index in [4.69, 9.17) is 13.9 Å². The van der Waals surface area contributed by atoms with Gasteiger partial charge in [-0.3, -0.25) is 0 Å². The number of hydrogen-bond donors (Lipinski definition) is 1. The minimum atomic E-state index is -0.214. The Labute approximate surface area is 95.9 Å². The van der Waals surface area contributed by atoms with E-state index < -0.39 is 0 Å². The van der Waals surface area contributed by atoms with Crippen LogP contribution >= 0.6 is 0 Å². The van der Waals surface area contributed by atoms with Crippen molar-refractivity contribution in [2.24, 2.45) is 0 Å². The Kier molecular flexibility index (Phi) is 3.33. The van der Waals surface area contributed by atoms with Gasteiger partial charge >= 0.3 is 0 Å². The molecule has 0 aliphatic carbocycles. The second-order valence-corrected chi connectivity index (χ2v) is 4.39. The molecule has 4 heteroatoms. The van der Waals surface area contributed by atoms with Gasteiger partial charge in [-0.25, -0.2) is 0 Å². The molecule has 4 nitrogen and oxygen atoms in total. The standard InChI is InChI=1S/C12H19NO3/c1-12(8-10(14-2)15-3)11-9(4-6-13-12)5-7-16-11/h5,7,10,13H,4,6,8H2,1-3H3. The van der Waals surface area contributed by atoms with Crippen molar-refractivity contribution in [2.45, 2.75) is 31.6 Å². The molecule has 0 spiro atoms. The lowest BCUT2D eigenvalue weighted by atomic mass is 9.87. The Morgan fingerprint density at radius 2 is 2.25 bits per heavy atom. The van der Waals surface area contributed by atoms with Gasteiger partial charge in [0.25, 0.3) is 0 Å². The molecule has 0 fully saturated rings. The van der Waals surface area contributed by atoms with Crippen LogP contribution in [0.3, 0.4) is 0 Å². The maximum Gasteiger partial charge on any atom is 0.159 e. The summed E-state index contributed by atoms with van der Waals surface area (Å²) in [6.07, 6.45) is 3.30. The Balaban J connectivity index is 2.20. The van der Waals surface area contributed by atoms with Crippen molar-refractivity contribution in [1.29, 1.82) is 0 Å². The number of ether oxygens (including phenoxy) is 2. The SMILES string of the molecule is COC(CC1(C)NCCc2ccoc21)OC. The van der Waals surface area contributed by atoms with E-state index in [1.165, 1.54) is 5.56 Å². The van der Waals surface area contributed by atoms with E-state index in [2.05, 4.69) is 12.2 Å². The number of hydrogen-bond acceptors (Lipinski definition) is 4. The summed E-state index contributed by atoms with van der Waals surface area (Å²) in [4.78, 5) is 0. The lowest BCUT2D eigenvalue weighted by Gasteiger charge is -2.35. The summed E-state index contributed by atoms with van der Waals surface area (Å²) in [6.45, 7) is 3.09. The molecular formula is C12H19NO3. The summed E-state index contributed by atoms with van der Waals surface area (Å²) in [6, 6.07) is 2.04. The number of nitrogens with one attached hydrogen (secondary N) is 1. The molecule has 0 amide bonds. The molecule has 0 saturated carbocycles. The third-order valence-electron chi connectivity index (χ3n) is 3.26. The first-order chi connectivity index (χ1) is 7.69. The Morgan fingerprint density at radius 3 is 2.94 bits per heavy atom. The third-order valence-corrected chi connectivity index (χ3v) is 3.26. The minimum absolute atomic E-state index is 0.201. The first-order valence-corrected chi connectivity index (χ1v) is 5.57. The van der Waals surface area contributed by atoms with E-state index in [1.54, 1.807) is 20.5 Å². The fourth-order valence-electron chi connectivity index (χ4n) is 2.33. The Hall–Kier alpha value is -0.840. The van der Waals surface area contributed by atoms with Gasteiger partial charge in [0.15, 0.2) is 6.29 Å². The van der Waals surface area contributed by atoms with Crippen LogP contribution in [0.5, 0.6) is 0 Å². The van der Waals surface area contributed by atoms with Gasteiger partial charge in [0.05, 0.1) is 11.8 Å². The zero-order valence-electron chi connectivity index (χ0n) is 10.1. The molecule has 0 radical (unpaired) electrons. The fraction of sp³-hybridized carbons (Fsp3) is 0.667. The summed E-state index contributed by atoms with van der Waals surface area (Å²) < 4.78 is 16.1. The van der Waals surface area contributed by atoms with Crippen molar-refractivity contribution in [2.75, 3.05) is 20.8 Å². The van der Waals surface area contributed by atoms with E-state index in [0.29, 0.717) is 0 Å². The topological polar surface area (TPSA) is 43.6 Å². The van der Waals surface area contributed by atoms with Crippen LogP contribution in [0.1, 0.15) is 24.7 Å². The average Bonchev–Trinajstić information content (AvgIpc) is 2.76. The molecule has 1 aromatic rings. The smallest absolute Gasteiger partial charge is 0.159 e. The monoisotopic (exact) mass is 225 g/mol. The molecular weight excluding hydrogens is 206 g/mol. The van der Waals surface area contributed by atoms with Crippen molar-refractivity contribution in [3.05, 3.63) is 23.7 Å². The zero-order chi connectivity index (χ0) is 11.6. The Morgan fingerprint density at radius 1 is 1.50 bits per heavy atom. The molecule has 2 heterocycles. The van der Waals surface area contributed by atoms with Gasteiger partial charge in [-0.15, -0.1) is 0 Å². The van der Waals surface area contributed by atoms with Crippen LogP contribution in [0.15, 0.2) is 16.7 Å². The van der Waals surface area contributed by atoms with E-state index in [1.807, 2.05) is 6.07 Å². The van der Waals surface area contributed by atoms with Crippen molar-refractivity contribution < 1.29 is 13.9 Å². The van der Waals surface area contributed by atoms with Gasteiger partial charge in [0.1, 0.15) is 5.76 Å². The number of rotatable bonds is 4. The van der Waals surface area contributed by atoms with Gasteiger partial charge in [-0.2, -0.15) is 0 Å². The quantitative estimate of drug-likeness (QED) is 0.791. The van der Waals surface area contributed by atoms with Crippen LogP contribution in [0.2, 0.25) is 0 Å². The molecule has 1 aliphatic heterocycles. The predicted molar refractivity (Wildman–Crippen MR) is 60.2 cm³/mol. The van der Waals surface area contributed by atoms with Gasteiger partial charge in [0.2, 0.25) is 0 Å². The highest BCUT2D eigenvalue weighted by molar-refractivity contribution is 5.27. The first-order valence-electron chi connectivity index (χ1n) is 5.57. The van der Waals surface area contributed by atoms with Crippen LogP contribution in [0.4, 0.5) is 0 Å². The molecule has 0 aromatic carbocycles. The third kappa shape index (κ3) is 2.00. The first kappa shape index (κ1) is 11.6. The maximum atomic E-state index is 5.59. The number of methoxy groups -OCH3 is 2. The van der Waals surface area contributed by atoms with Crippen LogP contribution in [0.25, 0.3) is 0 Å². The highest BCUT2D eigenvalue weighted by atomic mass is 16.7. The van der Waals surface area contributed by atoms with E-state index >= 15 is 0 Å². The highest BCUT2D eigenvalue weighted by Crippen LogP contribution is 2.33. The lowest BCUT2D eigenvalue weighted by molar-refractivity contribution is -0.120. The van der Waals surface area contributed by atoms with Crippen molar-refractivity contribution in [3.63, 3.8) is 0 Å². The van der Waals surface area contributed by atoms with Crippen molar-refractivity contribution in [1.82, 2.24) is 5.32 Å². The van der Waals surface area contributed by atoms with Crippen LogP contribution < -0.4 is 5.32 Å². The molecule has 0 bridgehead atoms. The Bertz CT molecular complexity index is 346. The van der Waals surface area contributed by atoms with Crippen LogP contribution in [-0.2, 0) is 21.4 Å². The van der Waals surface area contributed by atoms with Gasteiger partial charge < -0.3 is 19.2 Å². The number of furan rings is 1. The van der Waals surface area contributed by atoms with Gasteiger partial charge in [-0.05, 0) is 25.0 Å². The summed E-state index contributed by atoms with van der Waals surface area (Å²) in [7, 11) is 3.31. The van der Waals surface area contributed by atoms with Crippen molar-refractivity contribution in [3.8, 4) is 0 Å². The zero-order valence-corrected chi connectivity index (χ0v) is 10.1. The molecule has 2 rings (SSSR count). The molecule has 16 heavy (non-hydrogen) atoms. The normalized spacial score (nSPS) is 24.8. The number of fused-ring (bicyclic) bond motifs is 1. The average molecular weight is 225 g/mol. The molecule has 90 valence electrons. The minimum Gasteiger partial charge on any atom is -0.467 e. The molecule has 1 atom stereocenters. The van der Waals surface area contributed by atoms with Gasteiger partial charge in [-0.1, -0.05) is 0 Å². The molecule has 1 N–H and O–H groups in total. The summed E-state index contributed by atoms with van der Waals surface area (Å²) in [5, 5.41) is 3.48. The highest BCUT2D eigenvalue weighted by Gasteiger charge is 2.37. The fourth-order valence-corrected chi connectivity index (χ4v) is 2.33. The second-order valence-electron chi connectivity index (χ2n) is 4.39. The predicted octanol–water partition coefficient (Wildman–Crippen LogP) is 1.65. The summed E-state index contributed by atoms with van der Waals surface area (Å²) in [5.41, 5.74) is 1.08. The summed E-state index contributed by atoms with van der Waals surface area (Å²) in [5.74, 6) is 1.01. The largest absolute Gasteiger partial charge is 0.467 e. The molecule has 1 unspecified atom stereocenters. The summed E-state index contributed by atoms with van der Waals surface area (Å²) >= 11 is 0. The molecule has 1 aromatic heterocycles. The van der Waals surface area contributed by atoms with E-state index in [9.17, 15) is 0 Å². The van der Waals surface area contributed by atoms with Crippen molar-refractivity contribution >= 4 is 0 Å². The van der Waals surface area contributed by atoms with E-state index in [0.717, 1.165) is 25.1 Å². The van der Waals surface area contributed by atoms with Crippen LogP contribution in [-0.4, -0.2) is 27.1 Å². The second kappa shape index (κ2) is 4.57. The van der Waals surface area contributed by atoms with Crippen LogP contribution in [0, 0.1) is 0 Å². The lowest BCUT2D eigenvalue weighted by Crippen LogP contribution is -2.47. The van der Waals surface area contributed by atoms with E-state index in [-0.39, 0.29) is 11.8 Å². The molecule has 0 saturated heterocycles. The maximum absolute atomic E-state index is 5.59. The molecule has 1 aliphatic rings. The van der Waals surface area contributed by atoms with Gasteiger partial charge in [0, 0.05) is 27.2 Å².